The van der Waals surface area contributed by atoms with E-state index >= 15 is 0 Å². The molecule has 0 fully saturated rings. The zero-order valence-corrected chi connectivity index (χ0v) is 16.1. The van der Waals surface area contributed by atoms with E-state index in [2.05, 4.69) is 10.6 Å². The molecule has 29 heavy (non-hydrogen) atoms. The molecule has 0 unspecified atom stereocenters. The first-order valence-electron chi connectivity index (χ1n) is 8.94. The Morgan fingerprint density at radius 1 is 1.03 bits per heavy atom. The minimum atomic E-state index is -0.353. The lowest BCUT2D eigenvalue weighted by atomic mass is 10.1. The third-order valence-corrected chi connectivity index (χ3v) is 4.46. The van der Waals surface area contributed by atoms with E-state index in [1.807, 2.05) is 24.3 Å². The van der Waals surface area contributed by atoms with Gasteiger partial charge in [0.05, 0.1) is 0 Å². The van der Waals surface area contributed by atoms with E-state index in [4.69, 9.17) is 31.2 Å². The van der Waals surface area contributed by atoms with Gasteiger partial charge in [-0.05, 0) is 54.7 Å². The molecule has 0 atom stereocenters. The van der Waals surface area contributed by atoms with Crippen LogP contribution in [-0.4, -0.2) is 29.3 Å². The normalized spacial score (nSPS) is 12.3. The molecule has 1 aliphatic rings. The fourth-order valence-corrected chi connectivity index (χ4v) is 3.10. The van der Waals surface area contributed by atoms with Gasteiger partial charge in [0.25, 0.3) is 5.91 Å². The molecule has 3 aromatic rings. The van der Waals surface area contributed by atoms with Crippen LogP contribution < -0.4 is 20.1 Å². The maximum absolute atomic E-state index is 12.5. The highest BCUT2D eigenvalue weighted by Gasteiger charge is 2.16. The molecule has 0 saturated heterocycles. The lowest BCUT2D eigenvalue weighted by molar-refractivity contribution is 0.0976. The Hall–Kier alpha value is -3.36. The van der Waals surface area contributed by atoms with Crippen LogP contribution in [0.1, 0.15) is 16.1 Å². The van der Waals surface area contributed by atoms with E-state index in [1.165, 1.54) is 0 Å². The number of thiocarbonyl (C=S) groups is 1. The first kappa shape index (κ1) is 19.0. The number of fused-ring (bicyclic) bond motifs is 1. The van der Waals surface area contributed by atoms with E-state index < -0.39 is 0 Å². The summed E-state index contributed by atoms with van der Waals surface area (Å²) in [5, 5.41) is 14.9. The second kappa shape index (κ2) is 8.34. The summed E-state index contributed by atoms with van der Waals surface area (Å²) >= 11 is 5.26. The maximum atomic E-state index is 12.5. The number of ether oxygens (including phenoxy) is 2. The summed E-state index contributed by atoms with van der Waals surface area (Å²) in [5.74, 6) is 1.92. The van der Waals surface area contributed by atoms with Crippen molar-refractivity contribution in [2.24, 2.45) is 0 Å². The minimum absolute atomic E-state index is 0.159. The van der Waals surface area contributed by atoms with Gasteiger partial charge in [-0.15, -0.1) is 0 Å². The number of amides is 1. The van der Waals surface area contributed by atoms with E-state index in [1.54, 1.807) is 30.3 Å². The molecule has 2 aromatic carbocycles. The van der Waals surface area contributed by atoms with Crippen LogP contribution in [0, 0.1) is 0 Å². The summed E-state index contributed by atoms with van der Waals surface area (Å²) in [4.78, 5) is 12.5. The largest absolute Gasteiger partial charge is 0.486 e. The van der Waals surface area contributed by atoms with Crippen molar-refractivity contribution in [3.05, 3.63) is 65.9 Å². The summed E-state index contributed by atoms with van der Waals surface area (Å²) in [5.41, 5.74) is 1.92. The third-order valence-electron chi connectivity index (χ3n) is 4.25. The number of carbonyl (C=O) groups excluding carboxylic acids is 1. The zero-order valence-electron chi connectivity index (χ0n) is 15.3. The van der Waals surface area contributed by atoms with Crippen LogP contribution in [0.25, 0.3) is 11.3 Å². The monoisotopic (exact) mass is 410 g/mol. The molecule has 0 bridgehead atoms. The van der Waals surface area contributed by atoms with Crippen LogP contribution in [0.5, 0.6) is 11.5 Å². The molecule has 4 rings (SSSR count). The number of anilines is 1. The molecule has 2 heterocycles. The average Bonchev–Trinajstić information content (AvgIpc) is 3.23. The van der Waals surface area contributed by atoms with E-state index in [9.17, 15) is 4.79 Å². The second-order valence-corrected chi connectivity index (χ2v) is 6.68. The highest BCUT2D eigenvalue weighted by molar-refractivity contribution is 7.80. The number of aliphatic hydroxyl groups excluding tert-OH is 1. The Labute approximate surface area is 172 Å². The standard InChI is InChI=1S/C21H18N2O5S/c24-12-16-5-7-17(28-16)13-2-1-3-15(10-13)22-21(29)23-20(25)14-4-6-18-19(11-14)27-9-8-26-18/h1-7,10-11,24H,8-9,12H2,(H2,22,23,25,29). The second-order valence-electron chi connectivity index (χ2n) is 6.27. The highest BCUT2D eigenvalue weighted by Crippen LogP contribution is 2.30. The van der Waals surface area contributed by atoms with E-state index in [0.29, 0.717) is 47.5 Å². The van der Waals surface area contributed by atoms with Crippen LogP contribution in [0.4, 0.5) is 5.69 Å². The van der Waals surface area contributed by atoms with Gasteiger partial charge < -0.3 is 24.3 Å². The molecule has 0 saturated carbocycles. The minimum Gasteiger partial charge on any atom is -0.486 e. The van der Waals surface area contributed by atoms with Crippen LogP contribution in [0.2, 0.25) is 0 Å². The van der Waals surface area contributed by atoms with Crippen molar-refractivity contribution in [3.63, 3.8) is 0 Å². The lowest BCUT2D eigenvalue weighted by Crippen LogP contribution is -2.34. The van der Waals surface area contributed by atoms with Gasteiger partial charge in [0, 0.05) is 16.8 Å². The van der Waals surface area contributed by atoms with E-state index in [0.717, 1.165) is 5.56 Å². The van der Waals surface area contributed by atoms with Gasteiger partial charge in [-0.2, -0.15) is 0 Å². The predicted octanol–water partition coefficient (Wildman–Crippen LogP) is 3.34. The van der Waals surface area contributed by atoms with Crippen molar-refractivity contribution >= 4 is 28.9 Å². The number of furan rings is 1. The van der Waals surface area contributed by atoms with Gasteiger partial charge in [0.2, 0.25) is 0 Å². The van der Waals surface area contributed by atoms with Crippen molar-refractivity contribution in [2.45, 2.75) is 6.61 Å². The third kappa shape index (κ3) is 4.39. The van der Waals surface area contributed by atoms with Crippen LogP contribution in [0.3, 0.4) is 0 Å². The fraction of sp³-hybridized carbons (Fsp3) is 0.143. The van der Waals surface area contributed by atoms with Gasteiger partial charge >= 0.3 is 0 Å². The van der Waals surface area contributed by atoms with Crippen molar-refractivity contribution in [1.82, 2.24) is 5.32 Å². The quantitative estimate of drug-likeness (QED) is 0.568. The number of hydrogen-bond acceptors (Lipinski definition) is 6. The Bertz CT molecular complexity index is 1060. The van der Waals surface area contributed by atoms with Crippen LogP contribution >= 0.6 is 12.2 Å². The molecule has 3 N–H and O–H groups in total. The molecule has 1 amide bonds. The molecule has 7 nitrogen and oxygen atoms in total. The average molecular weight is 410 g/mol. The molecule has 1 aromatic heterocycles. The summed E-state index contributed by atoms with van der Waals surface area (Å²) in [7, 11) is 0. The number of rotatable bonds is 4. The van der Waals surface area contributed by atoms with E-state index in [-0.39, 0.29) is 17.6 Å². The summed E-state index contributed by atoms with van der Waals surface area (Å²) in [6.07, 6.45) is 0. The van der Waals surface area contributed by atoms with Gasteiger partial charge in [0.1, 0.15) is 31.3 Å². The predicted molar refractivity (Wildman–Crippen MR) is 111 cm³/mol. The van der Waals surface area contributed by atoms with Gasteiger partial charge in [-0.3, -0.25) is 10.1 Å². The summed E-state index contributed by atoms with van der Waals surface area (Å²) in [6, 6.07) is 15.9. The van der Waals surface area contributed by atoms with Crippen molar-refractivity contribution in [3.8, 4) is 22.8 Å². The molecule has 8 heteroatoms. The van der Waals surface area contributed by atoms with Crippen molar-refractivity contribution in [2.75, 3.05) is 18.5 Å². The number of aliphatic hydroxyl groups is 1. The van der Waals surface area contributed by atoms with Crippen LogP contribution in [0.15, 0.2) is 59.0 Å². The van der Waals surface area contributed by atoms with Gasteiger partial charge in [-0.1, -0.05) is 12.1 Å². The molecular formula is C21H18N2O5S. The van der Waals surface area contributed by atoms with Gasteiger partial charge in [0.15, 0.2) is 16.6 Å². The molecule has 0 spiro atoms. The number of benzene rings is 2. The maximum Gasteiger partial charge on any atom is 0.257 e. The Morgan fingerprint density at radius 2 is 1.86 bits per heavy atom. The molecule has 0 aliphatic carbocycles. The smallest absolute Gasteiger partial charge is 0.257 e. The molecular weight excluding hydrogens is 392 g/mol. The van der Waals surface area contributed by atoms with Crippen molar-refractivity contribution < 1.29 is 23.8 Å². The highest BCUT2D eigenvalue weighted by atomic mass is 32.1. The van der Waals surface area contributed by atoms with Crippen molar-refractivity contribution in [1.29, 1.82) is 0 Å². The topological polar surface area (TPSA) is 93.0 Å². The molecule has 148 valence electrons. The number of nitrogens with one attached hydrogen (secondary N) is 2. The Kier molecular flexibility index (Phi) is 5.46. The lowest BCUT2D eigenvalue weighted by Gasteiger charge is -2.18. The Morgan fingerprint density at radius 3 is 2.66 bits per heavy atom. The summed E-state index contributed by atoms with van der Waals surface area (Å²) in [6.45, 7) is 0.780. The van der Waals surface area contributed by atoms with Gasteiger partial charge in [-0.25, -0.2) is 0 Å². The fourth-order valence-electron chi connectivity index (χ4n) is 2.89. The Balaban J connectivity index is 1.42. The first-order chi connectivity index (χ1) is 14.1. The molecule has 0 radical (unpaired) electrons. The molecule has 1 aliphatic heterocycles. The SMILES string of the molecule is O=C(NC(=S)Nc1cccc(-c2ccc(CO)o2)c1)c1ccc2c(c1)OCCO2. The first-order valence-corrected chi connectivity index (χ1v) is 9.35. The summed E-state index contributed by atoms with van der Waals surface area (Å²) < 4.78 is 16.5. The van der Waals surface area contributed by atoms with Crippen LogP contribution in [-0.2, 0) is 6.61 Å². The zero-order chi connectivity index (χ0) is 20.2. The number of hydrogen-bond donors (Lipinski definition) is 3. The number of carbonyl (C=O) groups is 1.